The van der Waals surface area contributed by atoms with E-state index in [1.807, 2.05) is 24.1 Å². The summed E-state index contributed by atoms with van der Waals surface area (Å²) >= 11 is 0. The average Bonchev–Trinajstić information content (AvgIpc) is 2.76. The van der Waals surface area contributed by atoms with E-state index in [0.29, 0.717) is 19.0 Å². The van der Waals surface area contributed by atoms with Gasteiger partial charge in [0.1, 0.15) is 0 Å². The van der Waals surface area contributed by atoms with Gasteiger partial charge in [0.2, 0.25) is 5.91 Å². The fraction of sp³-hybridized carbons (Fsp3) is 0.652. The molecule has 0 radical (unpaired) electrons. The zero-order valence-corrected chi connectivity index (χ0v) is 19.2. The zero-order valence-electron chi connectivity index (χ0n) is 19.2. The van der Waals surface area contributed by atoms with Crippen molar-refractivity contribution in [3.63, 3.8) is 0 Å². The lowest BCUT2D eigenvalue weighted by Crippen LogP contribution is -2.42. The molecule has 0 saturated carbocycles. The van der Waals surface area contributed by atoms with E-state index in [1.165, 1.54) is 12.0 Å². The van der Waals surface area contributed by atoms with Crippen molar-refractivity contribution in [3.05, 3.63) is 23.8 Å². The highest BCUT2D eigenvalue weighted by molar-refractivity contribution is 5.81. The molecule has 0 bridgehead atoms. The third kappa shape index (κ3) is 6.82. The second kappa shape index (κ2) is 12.3. The molecule has 0 aromatic heterocycles. The Morgan fingerprint density at radius 3 is 2.70 bits per heavy atom. The summed E-state index contributed by atoms with van der Waals surface area (Å²) < 4.78 is 10.7. The Balaban J connectivity index is 1.90. The Bertz CT molecular complexity index is 708. The van der Waals surface area contributed by atoms with Gasteiger partial charge >= 0.3 is 0 Å². The van der Waals surface area contributed by atoms with Crippen molar-refractivity contribution in [2.24, 2.45) is 4.99 Å². The summed E-state index contributed by atoms with van der Waals surface area (Å²) in [5.74, 6) is 2.52. The van der Waals surface area contributed by atoms with Crippen LogP contribution in [-0.4, -0.2) is 75.2 Å². The number of benzene rings is 1. The van der Waals surface area contributed by atoms with Gasteiger partial charge in [0.25, 0.3) is 0 Å². The quantitative estimate of drug-likeness (QED) is 0.493. The number of carbonyl (C=O) groups is 1. The lowest BCUT2D eigenvalue weighted by molar-refractivity contribution is -0.134. The Morgan fingerprint density at radius 1 is 1.27 bits per heavy atom. The van der Waals surface area contributed by atoms with E-state index < -0.39 is 0 Å². The lowest BCUT2D eigenvalue weighted by atomic mass is 10.0. The number of aliphatic imine (C=N–C) groups is 1. The summed E-state index contributed by atoms with van der Waals surface area (Å²) in [6.07, 6.45) is 4.75. The van der Waals surface area contributed by atoms with Crippen molar-refractivity contribution < 1.29 is 14.3 Å². The van der Waals surface area contributed by atoms with Crippen LogP contribution < -0.4 is 14.8 Å². The number of piperidine rings is 1. The Labute approximate surface area is 181 Å². The van der Waals surface area contributed by atoms with Crippen molar-refractivity contribution in [3.8, 4) is 11.5 Å². The molecule has 1 N–H and O–H groups in total. The maximum Gasteiger partial charge on any atom is 0.224 e. The predicted molar refractivity (Wildman–Crippen MR) is 122 cm³/mol. The van der Waals surface area contributed by atoms with Gasteiger partial charge in [-0.15, -0.1) is 0 Å². The highest BCUT2D eigenvalue weighted by Gasteiger charge is 2.22. The molecule has 1 aromatic carbocycles. The standard InChI is InChI=1S/C23H38N4O3/c1-6-24-23(25-14-12-22(28)27-15-8-7-9-18(27)2)26(3)16-13-19-10-11-20(29-4)21(17-19)30-5/h10-11,17-18H,6-9,12-16H2,1-5H3,(H,24,25). The van der Waals surface area contributed by atoms with Gasteiger partial charge < -0.3 is 24.6 Å². The molecular weight excluding hydrogens is 380 g/mol. The number of hydrogen-bond donors (Lipinski definition) is 1. The van der Waals surface area contributed by atoms with Crippen LogP contribution in [0, 0.1) is 0 Å². The van der Waals surface area contributed by atoms with Crippen molar-refractivity contribution in [1.29, 1.82) is 0 Å². The molecule has 1 aromatic rings. The van der Waals surface area contributed by atoms with Crippen LogP contribution in [-0.2, 0) is 11.2 Å². The Morgan fingerprint density at radius 2 is 2.03 bits per heavy atom. The highest BCUT2D eigenvalue weighted by atomic mass is 16.5. The third-order valence-electron chi connectivity index (χ3n) is 5.59. The van der Waals surface area contributed by atoms with Gasteiger partial charge in [0, 0.05) is 39.1 Å². The molecule has 168 valence electrons. The van der Waals surface area contributed by atoms with Gasteiger partial charge in [-0.25, -0.2) is 0 Å². The summed E-state index contributed by atoms with van der Waals surface area (Å²) in [5, 5.41) is 3.33. The summed E-state index contributed by atoms with van der Waals surface area (Å²) in [6, 6.07) is 6.35. The molecule has 1 saturated heterocycles. The number of likely N-dealkylation sites (tertiary alicyclic amines) is 1. The fourth-order valence-electron chi connectivity index (χ4n) is 3.78. The number of nitrogens with zero attached hydrogens (tertiary/aromatic N) is 3. The molecular formula is C23H38N4O3. The van der Waals surface area contributed by atoms with E-state index in [0.717, 1.165) is 56.4 Å². The molecule has 1 aliphatic heterocycles. The van der Waals surface area contributed by atoms with Crippen LogP contribution in [0.3, 0.4) is 0 Å². The first-order valence-electron chi connectivity index (χ1n) is 11.0. The van der Waals surface area contributed by atoms with Crippen molar-refractivity contribution in [2.45, 2.75) is 52.0 Å². The van der Waals surface area contributed by atoms with Crippen LogP contribution in [0.25, 0.3) is 0 Å². The summed E-state index contributed by atoms with van der Waals surface area (Å²) in [7, 11) is 5.31. The number of guanidine groups is 1. The number of ether oxygens (including phenoxy) is 2. The maximum absolute atomic E-state index is 12.5. The maximum atomic E-state index is 12.5. The monoisotopic (exact) mass is 418 g/mol. The SMILES string of the molecule is CCNC(=NCCC(=O)N1CCCCC1C)N(C)CCc1ccc(OC)c(OC)c1. The minimum atomic E-state index is 0.217. The summed E-state index contributed by atoms with van der Waals surface area (Å²) in [5.41, 5.74) is 1.17. The predicted octanol–water partition coefficient (Wildman–Crippen LogP) is 2.93. The third-order valence-corrected chi connectivity index (χ3v) is 5.59. The van der Waals surface area contributed by atoms with E-state index in [2.05, 4.69) is 35.1 Å². The number of nitrogens with one attached hydrogen (secondary N) is 1. The van der Waals surface area contributed by atoms with Gasteiger partial charge in [-0.05, 0) is 57.2 Å². The zero-order chi connectivity index (χ0) is 21.9. The second-order valence-electron chi connectivity index (χ2n) is 7.78. The first kappa shape index (κ1) is 23.8. The molecule has 0 aliphatic carbocycles. The van der Waals surface area contributed by atoms with E-state index in [9.17, 15) is 4.79 Å². The minimum absolute atomic E-state index is 0.217. The first-order valence-corrected chi connectivity index (χ1v) is 11.0. The fourth-order valence-corrected chi connectivity index (χ4v) is 3.78. The normalized spacial score (nSPS) is 16.9. The smallest absolute Gasteiger partial charge is 0.224 e. The van der Waals surface area contributed by atoms with Gasteiger partial charge in [0.05, 0.1) is 20.8 Å². The first-order chi connectivity index (χ1) is 14.5. The molecule has 2 rings (SSSR count). The number of methoxy groups -OCH3 is 2. The molecule has 1 aliphatic rings. The van der Waals surface area contributed by atoms with Crippen LogP contribution in [0.15, 0.2) is 23.2 Å². The van der Waals surface area contributed by atoms with Crippen molar-refractivity contribution >= 4 is 11.9 Å². The molecule has 1 unspecified atom stereocenters. The van der Waals surface area contributed by atoms with Crippen LogP contribution in [0.2, 0.25) is 0 Å². The number of hydrogen-bond acceptors (Lipinski definition) is 4. The van der Waals surface area contributed by atoms with E-state index in [4.69, 9.17) is 9.47 Å². The molecule has 7 heteroatoms. The van der Waals surface area contributed by atoms with E-state index in [1.54, 1.807) is 14.2 Å². The van der Waals surface area contributed by atoms with Crippen LogP contribution in [0.1, 0.15) is 45.1 Å². The molecule has 0 spiro atoms. The van der Waals surface area contributed by atoms with E-state index in [-0.39, 0.29) is 5.91 Å². The van der Waals surface area contributed by atoms with Gasteiger partial charge in [-0.3, -0.25) is 9.79 Å². The largest absolute Gasteiger partial charge is 0.493 e. The van der Waals surface area contributed by atoms with Crippen LogP contribution in [0.4, 0.5) is 0 Å². The number of rotatable bonds is 9. The van der Waals surface area contributed by atoms with E-state index >= 15 is 0 Å². The summed E-state index contributed by atoms with van der Waals surface area (Å²) in [6.45, 7) is 7.18. The number of likely N-dealkylation sites (N-methyl/N-ethyl adjacent to an activating group) is 1. The highest BCUT2D eigenvalue weighted by Crippen LogP contribution is 2.27. The Kier molecular flexibility index (Phi) is 9.77. The van der Waals surface area contributed by atoms with Crippen molar-refractivity contribution in [1.82, 2.24) is 15.1 Å². The molecule has 7 nitrogen and oxygen atoms in total. The second-order valence-corrected chi connectivity index (χ2v) is 7.78. The van der Waals surface area contributed by atoms with Gasteiger partial charge in [-0.1, -0.05) is 6.07 Å². The summed E-state index contributed by atoms with van der Waals surface area (Å²) in [4.78, 5) is 21.4. The molecule has 1 amide bonds. The Hall–Kier alpha value is -2.44. The van der Waals surface area contributed by atoms with Crippen LogP contribution in [0.5, 0.6) is 11.5 Å². The van der Waals surface area contributed by atoms with Crippen molar-refractivity contribution in [2.75, 3.05) is 47.4 Å². The number of amides is 1. The topological polar surface area (TPSA) is 66.4 Å². The average molecular weight is 419 g/mol. The molecule has 1 heterocycles. The van der Waals surface area contributed by atoms with Gasteiger partial charge in [0.15, 0.2) is 17.5 Å². The molecule has 30 heavy (non-hydrogen) atoms. The van der Waals surface area contributed by atoms with Gasteiger partial charge in [-0.2, -0.15) is 0 Å². The van der Waals surface area contributed by atoms with Crippen LogP contribution >= 0.6 is 0 Å². The molecule has 1 fully saturated rings. The lowest BCUT2D eigenvalue weighted by Gasteiger charge is -2.33. The molecule has 1 atom stereocenters. The minimum Gasteiger partial charge on any atom is -0.493 e. The number of carbonyl (C=O) groups excluding carboxylic acids is 1.